The molecule has 0 spiro atoms. The average molecular weight is 473 g/mol. The van der Waals surface area contributed by atoms with E-state index in [1.54, 1.807) is 24.3 Å². The minimum absolute atomic E-state index is 0.0483. The van der Waals surface area contributed by atoms with Crippen molar-refractivity contribution in [3.63, 3.8) is 0 Å². The second-order valence-corrected chi connectivity index (χ2v) is 8.46. The number of carboxylic acid groups (broad SMARTS) is 1. The number of nitrogens with one attached hydrogen (secondary N) is 2. The van der Waals surface area contributed by atoms with E-state index in [9.17, 15) is 14.4 Å². The third-order valence-corrected chi connectivity index (χ3v) is 6.11. The van der Waals surface area contributed by atoms with Crippen LogP contribution < -0.4 is 10.6 Å². The molecule has 3 aromatic carbocycles. The molecule has 0 saturated carbocycles. The number of anilines is 1. The van der Waals surface area contributed by atoms with E-state index in [1.165, 1.54) is 0 Å². The van der Waals surface area contributed by atoms with Gasteiger partial charge in [-0.3, -0.25) is 14.9 Å². The molecule has 1 aliphatic carbocycles. The van der Waals surface area contributed by atoms with E-state index in [0.29, 0.717) is 37.1 Å². The lowest BCUT2D eigenvalue weighted by Gasteiger charge is -2.15. The van der Waals surface area contributed by atoms with Crippen molar-refractivity contribution < 1.29 is 24.2 Å². The number of hydrogen-bond acceptors (Lipinski definition) is 4. The Morgan fingerprint density at radius 3 is 2.11 bits per heavy atom. The molecule has 1 aliphatic rings. The van der Waals surface area contributed by atoms with Crippen molar-refractivity contribution in [2.24, 2.45) is 0 Å². The van der Waals surface area contributed by atoms with Crippen LogP contribution in [-0.4, -0.2) is 36.2 Å². The van der Waals surface area contributed by atoms with Crippen molar-refractivity contribution in [1.29, 1.82) is 0 Å². The van der Waals surface area contributed by atoms with Gasteiger partial charge in [0.05, 0.1) is 11.3 Å². The van der Waals surface area contributed by atoms with Gasteiger partial charge in [-0.15, -0.1) is 0 Å². The van der Waals surface area contributed by atoms with E-state index in [-0.39, 0.29) is 24.9 Å². The second-order valence-electron chi connectivity index (χ2n) is 8.46. The van der Waals surface area contributed by atoms with E-state index in [2.05, 4.69) is 34.9 Å². The number of amides is 2. The summed E-state index contributed by atoms with van der Waals surface area (Å²) in [5, 5.41) is 14.2. The van der Waals surface area contributed by atoms with Crippen molar-refractivity contribution in [3.8, 4) is 11.1 Å². The van der Waals surface area contributed by atoms with Crippen LogP contribution in [0.3, 0.4) is 0 Å². The Labute approximate surface area is 204 Å². The first-order valence-corrected chi connectivity index (χ1v) is 11.8. The summed E-state index contributed by atoms with van der Waals surface area (Å²) in [6.07, 6.45) is 1.47. The third-order valence-electron chi connectivity index (χ3n) is 6.11. The van der Waals surface area contributed by atoms with Crippen LogP contribution in [0.1, 0.15) is 53.1 Å². The van der Waals surface area contributed by atoms with Crippen molar-refractivity contribution in [2.45, 2.75) is 31.6 Å². The molecule has 0 saturated heterocycles. The number of carbonyl (C=O) groups is 3. The SMILES string of the molecule is O=C(O)CCCCCNC(=O)c1ccccc1NC(=O)OCC1c2ccccc2-c2ccccc21. The number of ether oxygens (including phenoxy) is 1. The third kappa shape index (κ3) is 5.87. The molecule has 7 nitrogen and oxygen atoms in total. The van der Waals surface area contributed by atoms with Gasteiger partial charge in [-0.25, -0.2) is 4.79 Å². The smallest absolute Gasteiger partial charge is 0.411 e. The largest absolute Gasteiger partial charge is 0.481 e. The molecule has 0 radical (unpaired) electrons. The normalized spacial score (nSPS) is 11.9. The van der Waals surface area contributed by atoms with Crippen LogP contribution >= 0.6 is 0 Å². The Morgan fingerprint density at radius 2 is 1.43 bits per heavy atom. The van der Waals surface area contributed by atoms with E-state index < -0.39 is 12.1 Å². The summed E-state index contributed by atoms with van der Waals surface area (Å²) in [5.41, 5.74) is 5.28. The van der Waals surface area contributed by atoms with Crippen LogP contribution in [0, 0.1) is 0 Å². The summed E-state index contributed by atoms with van der Waals surface area (Å²) in [5.74, 6) is -1.17. The molecule has 35 heavy (non-hydrogen) atoms. The van der Waals surface area contributed by atoms with Crippen LogP contribution in [0.15, 0.2) is 72.8 Å². The van der Waals surface area contributed by atoms with E-state index in [4.69, 9.17) is 9.84 Å². The molecule has 0 fully saturated rings. The van der Waals surface area contributed by atoms with Gasteiger partial charge < -0.3 is 15.2 Å². The fourth-order valence-electron chi connectivity index (χ4n) is 4.41. The van der Waals surface area contributed by atoms with Crippen LogP contribution in [0.2, 0.25) is 0 Å². The van der Waals surface area contributed by atoms with Crippen molar-refractivity contribution in [3.05, 3.63) is 89.5 Å². The Kier molecular flexibility index (Phi) is 7.77. The zero-order valence-corrected chi connectivity index (χ0v) is 19.3. The summed E-state index contributed by atoms with van der Waals surface area (Å²) in [4.78, 5) is 35.8. The van der Waals surface area contributed by atoms with Crippen molar-refractivity contribution in [2.75, 3.05) is 18.5 Å². The van der Waals surface area contributed by atoms with Gasteiger partial charge >= 0.3 is 12.1 Å². The number of aliphatic carboxylic acids is 1. The van der Waals surface area contributed by atoms with Crippen molar-refractivity contribution in [1.82, 2.24) is 5.32 Å². The van der Waals surface area contributed by atoms with Gasteiger partial charge in [-0.2, -0.15) is 0 Å². The minimum Gasteiger partial charge on any atom is -0.481 e. The monoisotopic (exact) mass is 472 g/mol. The summed E-state index contributed by atoms with van der Waals surface area (Å²) in [7, 11) is 0. The predicted molar refractivity (Wildman–Crippen MR) is 134 cm³/mol. The Hall–Kier alpha value is -4.13. The molecule has 0 aromatic heterocycles. The number of unbranched alkanes of at least 4 members (excludes halogenated alkanes) is 2. The summed E-state index contributed by atoms with van der Waals surface area (Å²) in [6, 6.07) is 23.0. The van der Waals surface area contributed by atoms with Gasteiger partial charge in [0.2, 0.25) is 0 Å². The molecule has 3 N–H and O–H groups in total. The van der Waals surface area contributed by atoms with Gasteiger partial charge in [0.1, 0.15) is 6.61 Å². The van der Waals surface area contributed by atoms with Gasteiger partial charge in [-0.05, 0) is 47.2 Å². The number of hydrogen-bond donors (Lipinski definition) is 3. The van der Waals surface area contributed by atoms with Crippen LogP contribution in [0.4, 0.5) is 10.5 Å². The number of carbonyl (C=O) groups excluding carboxylic acids is 2. The number of benzene rings is 3. The first kappa shape index (κ1) is 24.0. The first-order chi connectivity index (χ1) is 17.0. The lowest BCUT2D eigenvalue weighted by molar-refractivity contribution is -0.137. The highest BCUT2D eigenvalue weighted by atomic mass is 16.5. The van der Waals surface area contributed by atoms with Gasteiger partial charge in [-0.1, -0.05) is 67.1 Å². The maximum atomic E-state index is 12.6. The Bertz CT molecular complexity index is 1180. The topological polar surface area (TPSA) is 105 Å². The van der Waals surface area contributed by atoms with Gasteiger partial charge in [0.25, 0.3) is 5.91 Å². The quantitative estimate of drug-likeness (QED) is 0.342. The zero-order chi connectivity index (χ0) is 24.6. The number of fused-ring (bicyclic) bond motifs is 3. The fraction of sp³-hybridized carbons (Fsp3) is 0.250. The zero-order valence-electron chi connectivity index (χ0n) is 19.3. The standard InChI is InChI=1S/C28H28N2O5/c31-26(32)16-2-1-9-17-29-27(33)23-14-7-8-15-25(23)30-28(34)35-18-24-21-12-5-3-10-19(21)20-11-4-6-13-22(20)24/h3-8,10-15,24H,1-2,9,16-18H2,(H,29,33)(H,30,34)(H,31,32). The lowest BCUT2D eigenvalue weighted by Crippen LogP contribution is -2.26. The molecule has 3 aromatic rings. The van der Waals surface area contributed by atoms with Crippen LogP contribution in [0.25, 0.3) is 11.1 Å². The number of rotatable bonds is 10. The van der Waals surface area contributed by atoms with Gasteiger partial charge in [0, 0.05) is 18.9 Å². The Balaban J connectivity index is 1.33. The van der Waals surface area contributed by atoms with Crippen molar-refractivity contribution >= 4 is 23.7 Å². The van der Waals surface area contributed by atoms with E-state index >= 15 is 0 Å². The molecule has 4 rings (SSSR count). The molecule has 2 amide bonds. The molecule has 0 bridgehead atoms. The molecule has 0 heterocycles. The number of carboxylic acids is 1. The molecular formula is C28H28N2O5. The first-order valence-electron chi connectivity index (χ1n) is 11.8. The average Bonchev–Trinajstić information content (AvgIpc) is 3.18. The summed E-state index contributed by atoms with van der Waals surface area (Å²) < 4.78 is 5.59. The molecule has 180 valence electrons. The maximum Gasteiger partial charge on any atom is 0.411 e. The van der Waals surface area contributed by atoms with E-state index in [0.717, 1.165) is 22.3 Å². The molecule has 0 aliphatic heterocycles. The van der Waals surface area contributed by atoms with Crippen LogP contribution in [0.5, 0.6) is 0 Å². The molecule has 7 heteroatoms. The Morgan fingerprint density at radius 1 is 0.800 bits per heavy atom. The predicted octanol–water partition coefficient (Wildman–Crippen LogP) is 5.42. The lowest BCUT2D eigenvalue weighted by atomic mass is 9.98. The molecule has 0 atom stereocenters. The van der Waals surface area contributed by atoms with E-state index in [1.807, 2.05) is 24.3 Å². The summed E-state index contributed by atoms with van der Waals surface area (Å²) >= 11 is 0. The highest BCUT2D eigenvalue weighted by molar-refractivity contribution is 6.02. The number of para-hydroxylation sites is 1. The van der Waals surface area contributed by atoms with Crippen LogP contribution in [-0.2, 0) is 9.53 Å². The maximum absolute atomic E-state index is 12.6. The fourth-order valence-corrected chi connectivity index (χ4v) is 4.41. The highest BCUT2D eigenvalue weighted by Crippen LogP contribution is 2.44. The molecular weight excluding hydrogens is 444 g/mol. The highest BCUT2D eigenvalue weighted by Gasteiger charge is 2.29. The molecule has 0 unspecified atom stereocenters. The second kappa shape index (κ2) is 11.3. The van der Waals surface area contributed by atoms with Gasteiger partial charge in [0.15, 0.2) is 0 Å². The summed E-state index contributed by atoms with van der Waals surface area (Å²) in [6.45, 7) is 0.613. The minimum atomic E-state index is -0.817.